The molecule has 0 radical (unpaired) electrons. The molecule has 0 bridgehead atoms. The minimum Gasteiger partial charge on any atom is -0.256 e. The van der Waals surface area contributed by atoms with Crippen molar-refractivity contribution in [1.82, 2.24) is 24.5 Å². The maximum Gasteiger partial charge on any atom is 0.216 e. The SMILES string of the molecule is O=S(=O)(Cc1cccc2cccnc12)N[C@@H]1CCCn2ncnc21. The first kappa shape index (κ1) is 15.2. The summed E-state index contributed by atoms with van der Waals surface area (Å²) in [6, 6.07) is 9.03. The van der Waals surface area contributed by atoms with E-state index in [0.717, 1.165) is 30.3 Å². The summed E-state index contributed by atoms with van der Waals surface area (Å²) >= 11 is 0. The monoisotopic (exact) mass is 343 g/mol. The third kappa shape index (κ3) is 2.90. The van der Waals surface area contributed by atoms with Gasteiger partial charge in [-0.05, 0) is 24.5 Å². The highest BCUT2D eigenvalue weighted by Gasteiger charge is 2.27. The van der Waals surface area contributed by atoms with Crippen molar-refractivity contribution < 1.29 is 8.42 Å². The highest BCUT2D eigenvalue weighted by molar-refractivity contribution is 7.88. The van der Waals surface area contributed by atoms with Crippen LogP contribution in [0.2, 0.25) is 0 Å². The number of nitrogens with one attached hydrogen (secondary N) is 1. The Morgan fingerprint density at radius 3 is 3.00 bits per heavy atom. The van der Waals surface area contributed by atoms with Gasteiger partial charge in [0.2, 0.25) is 10.0 Å². The Hall–Kier alpha value is -2.32. The van der Waals surface area contributed by atoms with Crippen LogP contribution in [0, 0.1) is 0 Å². The number of rotatable bonds is 4. The normalized spacial score (nSPS) is 17.8. The summed E-state index contributed by atoms with van der Waals surface area (Å²) in [5.74, 6) is 0.576. The molecule has 0 spiro atoms. The van der Waals surface area contributed by atoms with Gasteiger partial charge in [-0.25, -0.2) is 22.8 Å². The molecule has 1 aliphatic rings. The van der Waals surface area contributed by atoms with Gasteiger partial charge < -0.3 is 0 Å². The van der Waals surface area contributed by atoms with Gasteiger partial charge in [-0.15, -0.1) is 0 Å². The standard InChI is InChI=1S/C16H17N5O2S/c22-24(23,20-14-7-3-9-21-16(14)18-11-19-21)10-13-5-1-4-12-6-2-8-17-15(12)13/h1-2,4-6,8,11,14,20H,3,7,9-10H2/t14-/m1/s1. The van der Waals surface area contributed by atoms with Crippen molar-refractivity contribution in [1.29, 1.82) is 0 Å². The molecule has 0 fully saturated rings. The van der Waals surface area contributed by atoms with Crippen LogP contribution in [-0.4, -0.2) is 28.2 Å². The van der Waals surface area contributed by atoms with Gasteiger partial charge in [-0.3, -0.25) is 4.98 Å². The zero-order valence-electron chi connectivity index (χ0n) is 13.0. The summed E-state index contributed by atoms with van der Waals surface area (Å²) in [6.07, 6.45) is 4.75. The van der Waals surface area contributed by atoms with Crippen LogP contribution in [0.25, 0.3) is 10.9 Å². The smallest absolute Gasteiger partial charge is 0.216 e. The van der Waals surface area contributed by atoms with E-state index in [-0.39, 0.29) is 11.8 Å². The van der Waals surface area contributed by atoms with Crippen LogP contribution in [0.4, 0.5) is 0 Å². The molecule has 2 aromatic heterocycles. The maximum absolute atomic E-state index is 12.6. The summed E-state index contributed by atoms with van der Waals surface area (Å²) in [6.45, 7) is 0.779. The Kier molecular flexibility index (Phi) is 3.78. The van der Waals surface area contributed by atoms with E-state index in [0.29, 0.717) is 11.4 Å². The fourth-order valence-electron chi connectivity index (χ4n) is 3.15. The van der Waals surface area contributed by atoms with Crippen LogP contribution >= 0.6 is 0 Å². The van der Waals surface area contributed by atoms with E-state index in [1.54, 1.807) is 16.9 Å². The predicted molar refractivity (Wildman–Crippen MR) is 89.5 cm³/mol. The molecule has 1 N–H and O–H groups in total. The fraction of sp³-hybridized carbons (Fsp3) is 0.312. The van der Waals surface area contributed by atoms with Crippen LogP contribution in [0.1, 0.15) is 30.3 Å². The molecule has 1 aliphatic heterocycles. The van der Waals surface area contributed by atoms with Gasteiger partial charge in [0, 0.05) is 18.1 Å². The van der Waals surface area contributed by atoms with Gasteiger partial charge in [-0.2, -0.15) is 5.10 Å². The molecule has 124 valence electrons. The molecule has 4 rings (SSSR count). The van der Waals surface area contributed by atoms with E-state index < -0.39 is 10.0 Å². The predicted octanol–water partition coefficient (Wildman–Crippen LogP) is 1.78. The van der Waals surface area contributed by atoms with E-state index in [1.807, 2.05) is 24.3 Å². The number of fused-ring (bicyclic) bond motifs is 2. The lowest BCUT2D eigenvalue weighted by atomic mass is 10.1. The number of pyridine rings is 1. The Labute approximate surface area is 139 Å². The topological polar surface area (TPSA) is 89.8 Å². The first-order valence-electron chi connectivity index (χ1n) is 7.83. The van der Waals surface area contributed by atoms with Crippen LogP contribution in [-0.2, 0) is 22.3 Å². The average Bonchev–Trinajstić information content (AvgIpc) is 3.04. The van der Waals surface area contributed by atoms with Crippen molar-refractivity contribution in [3.05, 3.63) is 54.2 Å². The molecule has 0 unspecified atom stereocenters. The lowest BCUT2D eigenvalue weighted by molar-refractivity contribution is 0.400. The van der Waals surface area contributed by atoms with Crippen LogP contribution < -0.4 is 4.72 Å². The first-order valence-corrected chi connectivity index (χ1v) is 9.48. The van der Waals surface area contributed by atoms with E-state index in [2.05, 4.69) is 19.8 Å². The maximum atomic E-state index is 12.6. The number of nitrogens with zero attached hydrogens (tertiary/aromatic N) is 4. The molecule has 8 heteroatoms. The molecular weight excluding hydrogens is 326 g/mol. The van der Waals surface area contributed by atoms with Gasteiger partial charge in [0.1, 0.15) is 12.2 Å². The van der Waals surface area contributed by atoms with Gasteiger partial charge in [0.15, 0.2) is 0 Å². The molecule has 3 heterocycles. The quantitative estimate of drug-likeness (QED) is 0.780. The van der Waals surface area contributed by atoms with Gasteiger partial charge in [-0.1, -0.05) is 24.3 Å². The van der Waals surface area contributed by atoms with E-state index in [9.17, 15) is 8.42 Å². The Balaban J connectivity index is 1.60. The largest absolute Gasteiger partial charge is 0.256 e. The molecule has 7 nitrogen and oxygen atoms in total. The zero-order valence-corrected chi connectivity index (χ0v) is 13.8. The van der Waals surface area contributed by atoms with Crippen molar-refractivity contribution in [2.75, 3.05) is 0 Å². The lowest BCUT2D eigenvalue weighted by Crippen LogP contribution is -2.34. The molecule has 1 aromatic carbocycles. The van der Waals surface area contributed by atoms with E-state index in [4.69, 9.17) is 0 Å². The van der Waals surface area contributed by atoms with Gasteiger partial charge in [0.05, 0.1) is 17.3 Å². The molecule has 0 saturated carbocycles. The fourth-order valence-corrected chi connectivity index (χ4v) is 4.53. The van der Waals surface area contributed by atoms with Crippen LogP contribution in [0.5, 0.6) is 0 Å². The lowest BCUT2D eigenvalue weighted by Gasteiger charge is -2.23. The summed E-state index contributed by atoms with van der Waals surface area (Å²) in [4.78, 5) is 8.51. The number of aryl methyl sites for hydroxylation is 1. The molecule has 24 heavy (non-hydrogen) atoms. The highest BCUT2D eigenvalue weighted by Crippen LogP contribution is 2.24. The molecule has 3 aromatic rings. The van der Waals surface area contributed by atoms with Crippen molar-refractivity contribution >= 4 is 20.9 Å². The molecular formula is C16H17N5O2S. The minimum absolute atomic E-state index is 0.105. The molecule has 0 saturated heterocycles. The van der Waals surface area contributed by atoms with Crippen LogP contribution in [0.15, 0.2) is 42.9 Å². The van der Waals surface area contributed by atoms with E-state index in [1.165, 1.54) is 6.33 Å². The number of benzene rings is 1. The zero-order chi connectivity index (χ0) is 16.6. The Morgan fingerprint density at radius 1 is 1.21 bits per heavy atom. The van der Waals surface area contributed by atoms with E-state index >= 15 is 0 Å². The molecule has 0 amide bonds. The third-order valence-corrected chi connectivity index (χ3v) is 5.54. The second kappa shape index (κ2) is 5.95. The number of aromatic nitrogens is 4. The number of hydrogen-bond donors (Lipinski definition) is 1. The van der Waals surface area contributed by atoms with Crippen molar-refractivity contribution in [2.45, 2.75) is 31.2 Å². The second-order valence-corrected chi connectivity index (χ2v) is 7.66. The second-order valence-electron chi connectivity index (χ2n) is 5.91. The number of hydrogen-bond acceptors (Lipinski definition) is 5. The molecule has 0 aliphatic carbocycles. The highest BCUT2D eigenvalue weighted by atomic mass is 32.2. The van der Waals surface area contributed by atoms with Gasteiger partial charge in [0.25, 0.3) is 0 Å². The first-order chi connectivity index (χ1) is 11.6. The Bertz CT molecular complexity index is 978. The van der Waals surface area contributed by atoms with Crippen molar-refractivity contribution in [3.63, 3.8) is 0 Å². The number of para-hydroxylation sites is 1. The van der Waals surface area contributed by atoms with Gasteiger partial charge >= 0.3 is 0 Å². The summed E-state index contributed by atoms with van der Waals surface area (Å²) in [7, 11) is -3.52. The summed E-state index contributed by atoms with van der Waals surface area (Å²) in [5, 5.41) is 5.06. The summed E-state index contributed by atoms with van der Waals surface area (Å²) < 4.78 is 29.8. The minimum atomic E-state index is -3.52. The van der Waals surface area contributed by atoms with Crippen molar-refractivity contribution in [3.8, 4) is 0 Å². The van der Waals surface area contributed by atoms with Crippen molar-refractivity contribution in [2.24, 2.45) is 0 Å². The Morgan fingerprint density at radius 2 is 2.08 bits per heavy atom. The molecule has 1 atom stereocenters. The summed E-state index contributed by atoms with van der Waals surface area (Å²) in [5.41, 5.74) is 1.41. The average molecular weight is 343 g/mol. The number of sulfonamides is 1. The third-order valence-electron chi connectivity index (χ3n) is 4.20. The van der Waals surface area contributed by atoms with Crippen LogP contribution in [0.3, 0.4) is 0 Å².